The fourth-order valence-electron chi connectivity index (χ4n) is 2.68. The second kappa shape index (κ2) is 6.92. The minimum atomic E-state index is 0.173. The summed E-state index contributed by atoms with van der Waals surface area (Å²) in [5, 5.41) is 8.66. The van der Waals surface area contributed by atoms with Gasteiger partial charge < -0.3 is 10.1 Å². The topological polar surface area (TPSA) is 77.8 Å². The van der Waals surface area contributed by atoms with Crippen molar-refractivity contribution in [3.63, 3.8) is 0 Å². The molecule has 0 aliphatic heterocycles. The van der Waals surface area contributed by atoms with Crippen molar-refractivity contribution in [1.82, 2.24) is 24.7 Å². The van der Waals surface area contributed by atoms with Gasteiger partial charge in [-0.1, -0.05) is 6.07 Å². The second-order valence-corrected chi connectivity index (χ2v) is 5.94. The fourth-order valence-corrected chi connectivity index (χ4v) is 2.68. The van der Waals surface area contributed by atoms with Crippen molar-refractivity contribution in [3.8, 4) is 0 Å². The van der Waals surface area contributed by atoms with E-state index in [9.17, 15) is 0 Å². The molecule has 0 aliphatic rings. The van der Waals surface area contributed by atoms with Crippen LogP contribution in [0.3, 0.4) is 0 Å². The number of aryl methyl sites for hydroxylation is 2. The van der Waals surface area contributed by atoms with Crippen LogP contribution in [0.5, 0.6) is 0 Å². The number of nitrogens with zero attached hydrogens (tertiary/aromatic N) is 5. The molecule has 3 heterocycles. The zero-order valence-corrected chi connectivity index (χ0v) is 14.4. The summed E-state index contributed by atoms with van der Waals surface area (Å²) in [6.45, 7) is 4.56. The predicted octanol–water partition coefficient (Wildman–Crippen LogP) is 2.26. The van der Waals surface area contributed by atoms with Crippen LogP contribution in [0.1, 0.15) is 24.0 Å². The van der Waals surface area contributed by atoms with E-state index in [0.29, 0.717) is 12.4 Å². The lowest BCUT2D eigenvalue weighted by Crippen LogP contribution is -2.21. The third kappa shape index (κ3) is 3.35. The van der Waals surface area contributed by atoms with Gasteiger partial charge in [0.1, 0.15) is 12.4 Å². The molecule has 24 heavy (non-hydrogen) atoms. The van der Waals surface area contributed by atoms with Gasteiger partial charge in [-0.2, -0.15) is 5.10 Å². The summed E-state index contributed by atoms with van der Waals surface area (Å²) in [5.74, 6) is 1.42. The Bertz CT molecular complexity index is 844. The highest BCUT2D eigenvalue weighted by molar-refractivity contribution is 5.86. The predicted molar refractivity (Wildman–Crippen MR) is 92.8 cm³/mol. The molecule has 3 aromatic heterocycles. The zero-order chi connectivity index (χ0) is 17.1. The maximum absolute atomic E-state index is 5.17. The molecule has 1 atom stereocenters. The summed E-state index contributed by atoms with van der Waals surface area (Å²) in [7, 11) is 3.51. The molecule has 0 saturated carbocycles. The Morgan fingerprint density at radius 3 is 2.92 bits per heavy atom. The molecule has 0 saturated heterocycles. The van der Waals surface area contributed by atoms with Crippen molar-refractivity contribution < 1.29 is 4.74 Å². The molecule has 3 aromatic rings. The quantitative estimate of drug-likeness (QED) is 0.748. The van der Waals surface area contributed by atoms with Gasteiger partial charge in [-0.25, -0.2) is 9.97 Å². The number of hydrogen-bond donors (Lipinski definition) is 1. The minimum absolute atomic E-state index is 0.173. The van der Waals surface area contributed by atoms with Crippen molar-refractivity contribution in [2.75, 3.05) is 12.4 Å². The molecular formula is C17H22N6O. The zero-order valence-electron chi connectivity index (χ0n) is 14.4. The van der Waals surface area contributed by atoms with Gasteiger partial charge in [0.25, 0.3) is 0 Å². The van der Waals surface area contributed by atoms with E-state index in [1.165, 1.54) is 5.56 Å². The van der Waals surface area contributed by atoms with Crippen LogP contribution in [0, 0.1) is 6.92 Å². The SMILES string of the molecule is COCc1nc(N[C@@H](C)Cc2ncccc2C)c2cnn(C)c2n1. The number of ether oxygens (including phenoxy) is 1. The third-order valence-electron chi connectivity index (χ3n) is 3.91. The van der Waals surface area contributed by atoms with E-state index in [1.807, 2.05) is 19.3 Å². The van der Waals surface area contributed by atoms with Crippen LogP contribution >= 0.6 is 0 Å². The molecular weight excluding hydrogens is 304 g/mol. The van der Waals surface area contributed by atoms with E-state index < -0.39 is 0 Å². The van der Waals surface area contributed by atoms with Gasteiger partial charge in [-0.05, 0) is 25.5 Å². The Balaban J connectivity index is 1.87. The third-order valence-corrected chi connectivity index (χ3v) is 3.91. The highest BCUT2D eigenvalue weighted by Crippen LogP contribution is 2.21. The summed E-state index contributed by atoms with van der Waals surface area (Å²) >= 11 is 0. The van der Waals surface area contributed by atoms with Crippen molar-refractivity contribution in [1.29, 1.82) is 0 Å². The number of anilines is 1. The van der Waals surface area contributed by atoms with Crippen LogP contribution in [0.25, 0.3) is 11.0 Å². The van der Waals surface area contributed by atoms with E-state index in [-0.39, 0.29) is 6.04 Å². The highest BCUT2D eigenvalue weighted by Gasteiger charge is 2.14. The lowest BCUT2D eigenvalue weighted by Gasteiger charge is -2.16. The largest absolute Gasteiger partial charge is 0.377 e. The first kappa shape index (κ1) is 16.3. The molecule has 0 fully saturated rings. The summed E-state index contributed by atoms with van der Waals surface area (Å²) in [4.78, 5) is 13.6. The molecule has 7 nitrogen and oxygen atoms in total. The van der Waals surface area contributed by atoms with Crippen LogP contribution in [-0.2, 0) is 24.8 Å². The first-order valence-electron chi connectivity index (χ1n) is 7.93. The summed E-state index contributed by atoms with van der Waals surface area (Å²) in [5.41, 5.74) is 3.08. The molecule has 0 aliphatic carbocycles. The van der Waals surface area contributed by atoms with Crippen LogP contribution in [-0.4, -0.2) is 37.9 Å². The lowest BCUT2D eigenvalue weighted by atomic mass is 10.1. The average molecular weight is 326 g/mol. The number of rotatable bonds is 6. The number of fused-ring (bicyclic) bond motifs is 1. The molecule has 126 valence electrons. The van der Waals surface area contributed by atoms with Gasteiger partial charge in [0, 0.05) is 38.5 Å². The van der Waals surface area contributed by atoms with Gasteiger partial charge in [0.2, 0.25) is 0 Å². The maximum Gasteiger partial charge on any atom is 0.163 e. The van der Waals surface area contributed by atoms with Crippen molar-refractivity contribution in [2.24, 2.45) is 7.05 Å². The minimum Gasteiger partial charge on any atom is -0.377 e. The van der Waals surface area contributed by atoms with Gasteiger partial charge in [-0.3, -0.25) is 9.67 Å². The molecule has 0 unspecified atom stereocenters. The Kier molecular flexibility index (Phi) is 4.71. The van der Waals surface area contributed by atoms with E-state index in [2.05, 4.69) is 45.3 Å². The number of aromatic nitrogens is 5. The number of pyridine rings is 1. The van der Waals surface area contributed by atoms with Gasteiger partial charge in [0.15, 0.2) is 11.5 Å². The van der Waals surface area contributed by atoms with Gasteiger partial charge in [0.05, 0.1) is 11.6 Å². The van der Waals surface area contributed by atoms with Crippen LogP contribution in [0.15, 0.2) is 24.5 Å². The molecule has 0 radical (unpaired) electrons. The normalized spacial score (nSPS) is 12.5. The monoisotopic (exact) mass is 326 g/mol. The smallest absolute Gasteiger partial charge is 0.163 e. The van der Waals surface area contributed by atoms with E-state index in [4.69, 9.17) is 4.74 Å². The van der Waals surface area contributed by atoms with Crippen molar-refractivity contribution >= 4 is 16.9 Å². The maximum atomic E-state index is 5.17. The molecule has 0 spiro atoms. The Hall–Kier alpha value is -2.54. The van der Waals surface area contributed by atoms with Crippen LogP contribution in [0.4, 0.5) is 5.82 Å². The lowest BCUT2D eigenvalue weighted by molar-refractivity contribution is 0.178. The van der Waals surface area contributed by atoms with E-state index in [0.717, 1.165) is 29.0 Å². The second-order valence-electron chi connectivity index (χ2n) is 5.94. The molecule has 0 bridgehead atoms. The van der Waals surface area contributed by atoms with Gasteiger partial charge >= 0.3 is 0 Å². The van der Waals surface area contributed by atoms with Crippen LogP contribution in [0.2, 0.25) is 0 Å². The first-order valence-corrected chi connectivity index (χ1v) is 7.93. The molecule has 0 aromatic carbocycles. The molecule has 1 N–H and O–H groups in total. The van der Waals surface area contributed by atoms with Crippen molar-refractivity contribution in [3.05, 3.63) is 41.6 Å². The Morgan fingerprint density at radius 1 is 1.33 bits per heavy atom. The number of hydrogen-bond acceptors (Lipinski definition) is 6. The fraction of sp³-hybridized carbons (Fsp3) is 0.412. The number of nitrogens with one attached hydrogen (secondary N) is 1. The summed E-state index contributed by atoms with van der Waals surface area (Å²) < 4.78 is 6.92. The van der Waals surface area contributed by atoms with Gasteiger partial charge in [-0.15, -0.1) is 0 Å². The van der Waals surface area contributed by atoms with Crippen molar-refractivity contribution in [2.45, 2.75) is 32.9 Å². The summed E-state index contributed by atoms with van der Waals surface area (Å²) in [6, 6.07) is 4.21. The summed E-state index contributed by atoms with van der Waals surface area (Å²) in [6.07, 6.45) is 4.43. The number of methoxy groups -OCH3 is 1. The molecule has 0 amide bonds. The molecule has 7 heteroatoms. The van der Waals surface area contributed by atoms with E-state index >= 15 is 0 Å². The highest BCUT2D eigenvalue weighted by atomic mass is 16.5. The van der Waals surface area contributed by atoms with E-state index in [1.54, 1.807) is 18.0 Å². The standard InChI is InChI=1S/C17H22N6O/c1-11-6-5-7-18-14(11)8-12(2)20-16-13-9-19-23(3)17(13)22-15(21-16)10-24-4/h5-7,9,12H,8,10H2,1-4H3,(H,20,21,22)/t12-/m0/s1. The van der Waals surface area contributed by atoms with Crippen LogP contribution < -0.4 is 5.32 Å². The molecule has 3 rings (SSSR count). The average Bonchev–Trinajstić information content (AvgIpc) is 2.92. The first-order chi connectivity index (χ1) is 11.6. The Labute approximate surface area is 141 Å². The Morgan fingerprint density at radius 2 is 2.17 bits per heavy atom.